The van der Waals surface area contributed by atoms with Crippen LogP contribution in [0.5, 0.6) is 0 Å². The molecule has 6 nitrogen and oxygen atoms in total. The molecule has 0 saturated heterocycles. The highest BCUT2D eigenvalue weighted by Crippen LogP contribution is 2.34. The zero-order valence-corrected chi connectivity index (χ0v) is 16.8. The third-order valence-electron chi connectivity index (χ3n) is 4.69. The van der Waals surface area contributed by atoms with Gasteiger partial charge >= 0.3 is 5.97 Å². The molecule has 0 saturated carbocycles. The number of hydrogen-bond acceptors (Lipinski definition) is 4. The first-order chi connectivity index (χ1) is 13.9. The number of rotatable bonds is 5. The van der Waals surface area contributed by atoms with Crippen LogP contribution in [0.4, 0.5) is 0 Å². The van der Waals surface area contributed by atoms with Crippen LogP contribution in [0.25, 0.3) is 0 Å². The van der Waals surface area contributed by atoms with Crippen LogP contribution in [0, 0.1) is 0 Å². The van der Waals surface area contributed by atoms with Crippen molar-refractivity contribution in [3.63, 3.8) is 0 Å². The Morgan fingerprint density at radius 3 is 2.38 bits per heavy atom. The molecule has 3 rings (SSSR count). The van der Waals surface area contributed by atoms with Gasteiger partial charge in [-0.1, -0.05) is 41.9 Å². The van der Waals surface area contributed by atoms with Gasteiger partial charge in [0.25, 0.3) is 5.91 Å². The van der Waals surface area contributed by atoms with Crippen molar-refractivity contribution in [2.75, 3.05) is 6.61 Å². The van der Waals surface area contributed by atoms with Gasteiger partial charge in [-0.25, -0.2) is 4.79 Å². The van der Waals surface area contributed by atoms with Gasteiger partial charge in [-0.15, -0.1) is 0 Å². The van der Waals surface area contributed by atoms with Crippen LogP contribution >= 0.6 is 11.6 Å². The van der Waals surface area contributed by atoms with E-state index in [2.05, 4.69) is 10.6 Å². The normalized spacial score (nSPS) is 18.8. The summed E-state index contributed by atoms with van der Waals surface area (Å²) in [5.41, 5.74) is 1.79. The summed E-state index contributed by atoms with van der Waals surface area (Å²) in [6.07, 6.45) is 0. The molecule has 0 radical (unpaired) electrons. The van der Waals surface area contributed by atoms with Gasteiger partial charge in [-0.2, -0.15) is 0 Å². The zero-order chi connectivity index (χ0) is 21.0. The first-order valence-corrected chi connectivity index (χ1v) is 9.60. The van der Waals surface area contributed by atoms with E-state index in [9.17, 15) is 14.4 Å². The largest absolute Gasteiger partial charge is 0.463 e. The van der Waals surface area contributed by atoms with Gasteiger partial charge in [0.15, 0.2) is 0 Å². The highest BCUT2D eigenvalue weighted by Gasteiger charge is 2.42. The predicted octanol–water partition coefficient (Wildman–Crippen LogP) is 3.19. The number of esters is 1. The Kier molecular flexibility index (Phi) is 6.34. The monoisotopic (exact) mass is 412 g/mol. The molecule has 150 valence electrons. The van der Waals surface area contributed by atoms with Gasteiger partial charge in [0.1, 0.15) is 6.04 Å². The lowest BCUT2D eigenvalue weighted by molar-refractivity contribution is -0.139. The molecule has 1 aliphatic rings. The molecule has 0 fully saturated rings. The second-order valence-electron chi connectivity index (χ2n) is 6.59. The molecule has 2 aromatic carbocycles. The van der Waals surface area contributed by atoms with E-state index in [1.807, 2.05) is 0 Å². The predicted molar refractivity (Wildman–Crippen MR) is 109 cm³/mol. The second-order valence-corrected chi connectivity index (χ2v) is 7.03. The Morgan fingerprint density at radius 2 is 1.76 bits per heavy atom. The molecule has 1 aliphatic heterocycles. The molecule has 0 aromatic heterocycles. The molecule has 2 aromatic rings. The fourth-order valence-electron chi connectivity index (χ4n) is 3.36. The van der Waals surface area contributed by atoms with Gasteiger partial charge in [0.2, 0.25) is 5.91 Å². The molecule has 0 unspecified atom stereocenters. The lowest BCUT2D eigenvalue weighted by Crippen LogP contribution is -2.54. The molecule has 1 heterocycles. The van der Waals surface area contributed by atoms with E-state index in [-0.39, 0.29) is 6.61 Å². The van der Waals surface area contributed by atoms with Gasteiger partial charge in [0.05, 0.1) is 12.2 Å². The van der Waals surface area contributed by atoms with Gasteiger partial charge in [0, 0.05) is 22.2 Å². The van der Waals surface area contributed by atoms with Crippen molar-refractivity contribution in [2.24, 2.45) is 0 Å². The summed E-state index contributed by atoms with van der Waals surface area (Å²) in [5, 5.41) is 5.98. The third kappa shape index (κ3) is 4.49. The summed E-state index contributed by atoms with van der Waals surface area (Å²) in [6.45, 7) is 3.54. The number of amides is 2. The number of nitrogens with one attached hydrogen (secondary N) is 2. The van der Waals surface area contributed by atoms with E-state index in [1.54, 1.807) is 68.4 Å². The summed E-state index contributed by atoms with van der Waals surface area (Å²) in [6, 6.07) is 14.4. The lowest BCUT2D eigenvalue weighted by Gasteiger charge is -2.34. The standard InChI is InChI=1S/C22H21ClN2O4/c1-3-29-22(28)17-13(2)24-21(27)19(18(17)14-9-11-16(23)12-10-14)25-20(26)15-7-5-4-6-8-15/h4-12,18-19H,3H2,1-2H3,(H,24,27)(H,25,26)/t18-,19-/m1/s1. The van der Waals surface area contributed by atoms with Crippen LogP contribution in [0.3, 0.4) is 0 Å². The molecular formula is C22H21ClN2O4. The van der Waals surface area contributed by atoms with Crippen LogP contribution in [0.1, 0.15) is 35.7 Å². The Morgan fingerprint density at radius 1 is 1.10 bits per heavy atom. The van der Waals surface area contributed by atoms with Crippen LogP contribution in [-0.4, -0.2) is 30.4 Å². The maximum absolute atomic E-state index is 12.8. The van der Waals surface area contributed by atoms with Crippen LogP contribution in [0.2, 0.25) is 5.02 Å². The number of carbonyl (C=O) groups is 3. The van der Waals surface area contributed by atoms with Gasteiger partial charge in [-0.3, -0.25) is 9.59 Å². The summed E-state index contributed by atoms with van der Waals surface area (Å²) in [4.78, 5) is 38.2. The highest BCUT2D eigenvalue weighted by atomic mass is 35.5. The Hall–Kier alpha value is -3.12. The minimum atomic E-state index is -0.994. The minimum Gasteiger partial charge on any atom is -0.463 e. The Balaban J connectivity index is 2.04. The van der Waals surface area contributed by atoms with Crippen LogP contribution in [0.15, 0.2) is 65.9 Å². The molecule has 0 aliphatic carbocycles. The van der Waals surface area contributed by atoms with E-state index < -0.39 is 29.7 Å². The summed E-state index contributed by atoms with van der Waals surface area (Å²) >= 11 is 6.00. The summed E-state index contributed by atoms with van der Waals surface area (Å²) in [5.74, 6) is -2.07. The summed E-state index contributed by atoms with van der Waals surface area (Å²) in [7, 11) is 0. The molecule has 2 atom stereocenters. The van der Waals surface area contributed by atoms with Gasteiger partial charge < -0.3 is 15.4 Å². The lowest BCUT2D eigenvalue weighted by atomic mass is 9.80. The fraction of sp³-hybridized carbons (Fsp3) is 0.227. The molecule has 0 bridgehead atoms. The first-order valence-electron chi connectivity index (χ1n) is 9.22. The van der Waals surface area contributed by atoms with E-state index >= 15 is 0 Å². The van der Waals surface area contributed by atoms with Crippen molar-refractivity contribution < 1.29 is 19.1 Å². The van der Waals surface area contributed by atoms with Crippen molar-refractivity contribution in [2.45, 2.75) is 25.8 Å². The molecule has 29 heavy (non-hydrogen) atoms. The number of allylic oxidation sites excluding steroid dienone is 1. The maximum atomic E-state index is 12.8. The maximum Gasteiger partial charge on any atom is 0.336 e. The average molecular weight is 413 g/mol. The Bertz CT molecular complexity index is 955. The van der Waals surface area contributed by atoms with Crippen molar-refractivity contribution in [3.8, 4) is 0 Å². The molecular weight excluding hydrogens is 392 g/mol. The van der Waals surface area contributed by atoms with Crippen molar-refractivity contribution in [1.29, 1.82) is 0 Å². The van der Waals surface area contributed by atoms with Crippen LogP contribution in [-0.2, 0) is 14.3 Å². The number of ether oxygens (including phenoxy) is 1. The summed E-state index contributed by atoms with van der Waals surface area (Å²) < 4.78 is 5.21. The topological polar surface area (TPSA) is 84.5 Å². The first kappa shape index (κ1) is 20.6. The van der Waals surface area contributed by atoms with E-state index in [0.717, 1.165) is 0 Å². The van der Waals surface area contributed by atoms with Gasteiger partial charge in [-0.05, 0) is 43.7 Å². The molecule has 2 amide bonds. The average Bonchev–Trinajstić information content (AvgIpc) is 2.71. The van der Waals surface area contributed by atoms with Crippen molar-refractivity contribution >= 4 is 29.4 Å². The highest BCUT2D eigenvalue weighted by molar-refractivity contribution is 6.30. The Labute approximate surface area is 173 Å². The molecule has 7 heteroatoms. The van der Waals surface area contributed by atoms with Crippen LogP contribution < -0.4 is 10.6 Å². The third-order valence-corrected chi connectivity index (χ3v) is 4.94. The smallest absolute Gasteiger partial charge is 0.336 e. The second kappa shape index (κ2) is 8.92. The quantitative estimate of drug-likeness (QED) is 0.738. The number of benzene rings is 2. The number of carbonyl (C=O) groups excluding carboxylic acids is 3. The van der Waals surface area contributed by atoms with Crippen molar-refractivity contribution in [3.05, 3.63) is 82.0 Å². The number of hydrogen-bond donors (Lipinski definition) is 2. The zero-order valence-electron chi connectivity index (χ0n) is 16.1. The molecule has 2 N–H and O–H groups in total. The SMILES string of the molecule is CCOC(=O)C1=C(C)NC(=O)[C@H](NC(=O)c2ccccc2)[C@@H]1c1ccc(Cl)cc1. The number of halogens is 1. The van der Waals surface area contributed by atoms with E-state index in [0.29, 0.717) is 27.4 Å². The molecule has 0 spiro atoms. The fourth-order valence-corrected chi connectivity index (χ4v) is 3.49. The minimum absolute atomic E-state index is 0.192. The van der Waals surface area contributed by atoms with E-state index in [1.165, 1.54) is 0 Å². The van der Waals surface area contributed by atoms with E-state index in [4.69, 9.17) is 16.3 Å². The van der Waals surface area contributed by atoms with Crippen molar-refractivity contribution in [1.82, 2.24) is 10.6 Å².